The minimum atomic E-state index is -0.256. The second-order valence-electron chi connectivity index (χ2n) is 3.30. The van der Waals surface area contributed by atoms with Crippen LogP contribution in [-0.4, -0.2) is 20.0 Å². The first kappa shape index (κ1) is 9.49. The summed E-state index contributed by atoms with van der Waals surface area (Å²) in [6, 6.07) is 5.32. The van der Waals surface area contributed by atoms with Gasteiger partial charge in [0.15, 0.2) is 0 Å². The second kappa shape index (κ2) is 3.26. The van der Waals surface area contributed by atoms with E-state index in [1.807, 2.05) is 12.1 Å². The van der Waals surface area contributed by atoms with E-state index in [4.69, 9.17) is 11.6 Å². The summed E-state index contributed by atoms with van der Waals surface area (Å²) in [7, 11) is 3.51. The van der Waals surface area contributed by atoms with Gasteiger partial charge in [0, 0.05) is 12.6 Å². The molecule has 0 saturated carbocycles. The van der Waals surface area contributed by atoms with Crippen LogP contribution < -0.4 is 10.2 Å². The molecule has 1 aromatic carbocycles. The van der Waals surface area contributed by atoms with Gasteiger partial charge in [-0.2, -0.15) is 0 Å². The molecule has 0 aromatic heterocycles. The molecule has 0 bridgehead atoms. The Bertz CT molecular complexity index is 392. The number of anilines is 1. The molecule has 1 aliphatic rings. The van der Waals surface area contributed by atoms with E-state index in [2.05, 4.69) is 5.32 Å². The van der Waals surface area contributed by atoms with Crippen molar-refractivity contribution in [3.05, 3.63) is 28.8 Å². The van der Waals surface area contributed by atoms with Crippen LogP contribution in [0.3, 0.4) is 0 Å². The van der Waals surface area contributed by atoms with Crippen LogP contribution in [0.2, 0.25) is 5.02 Å². The van der Waals surface area contributed by atoms with Crippen molar-refractivity contribution in [2.24, 2.45) is 0 Å². The number of amides is 1. The zero-order valence-corrected chi connectivity index (χ0v) is 8.80. The summed E-state index contributed by atoms with van der Waals surface area (Å²) in [6.45, 7) is 0. The molecule has 0 saturated heterocycles. The lowest BCUT2D eigenvalue weighted by atomic mass is 10.1. The third-order valence-corrected chi connectivity index (χ3v) is 2.84. The van der Waals surface area contributed by atoms with Gasteiger partial charge in [0.25, 0.3) is 0 Å². The number of fused-ring (bicyclic) bond motifs is 1. The molecule has 1 unspecified atom stereocenters. The number of halogens is 1. The van der Waals surface area contributed by atoms with Gasteiger partial charge in [0.05, 0.1) is 10.7 Å². The molecule has 14 heavy (non-hydrogen) atoms. The van der Waals surface area contributed by atoms with Crippen LogP contribution in [0.4, 0.5) is 5.69 Å². The average Bonchev–Trinajstić information content (AvgIpc) is 2.41. The molecule has 4 heteroatoms. The summed E-state index contributed by atoms with van der Waals surface area (Å²) >= 11 is 6.03. The van der Waals surface area contributed by atoms with Crippen molar-refractivity contribution in [3.63, 3.8) is 0 Å². The van der Waals surface area contributed by atoms with E-state index in [0.717, 1.165) is 11.3 Å². The standard InChI is InChI=1S/C10H11ClN2O/c1-12-8-6-4-3-5-7(11)9(6)13(2)10(8)14/h3-5,8,12H,1-2H3. The number of para-hydroxylation sites is 1. The lowest BCUT2D eigenvalue weighted by Gasteiger charge is -2.11. The predicted octanol–water partition coefficient (Wildman–Crippen LogP) is 1.58. The molecule has 0 fully saturated rings. The van der Waals surface area contributed by atoms with Gasteiger partial charge in [0.1, 0.15) is 6.04 Å². The molecule has 2 rings (SSSR count). The molecule has 0 radical (unpaired) electrons. The van der Waals surface area contributed by atoms with E-state index < -0.39 is 0 Å². The highest BCUT2D eigenvalue weighted by Gasteiger charge is 2.35. The predicted molar refractivity (Wildman–Crippen MR) is 56.7 cm³/mol. The summed E-state index contributed by atoms with van der Waals surface area (Å²) in [5, 5.41) is 3.60. The molecular weight excluding hydrogens is 200 g/mol. The van der Waals surface area contributed by atoms with E-state index in [-0.39, 0.29) is 11.9 Å². The van der Waals surface area contributed by atoms with Gasteiger partial charge >= 0.3 is 0 Å². The minimum absolute atomic E-state index is 0.0376. The van der Waals surface area contributed by atoms with Crippen molar-refractivity contribution in [3.8, 4) is 0 Å². The molecule has 0 spiro atoms. The zero-order chi connectivity index (χ0) is 10.3. The maximum absolute atomic E-state index is 11.8. The fraction of sp³-hybridized carbons (Fsp3) is 0.300. The Balaban J connectivity index is 2.61. The molecule has 1 aliphatic heterocycles. The fourth-order valence-electron chi connectivity index (χ4n) is 1.83. The van der Waals surface area contributed by atoms with E-state index >= 15 is 0 Å². The Morgan fingerprint density at radius 2 is 2.21 bits per heavy atom. The van der Waals surface area contributed by atoms with Gasteiger partial charge in [-0.15, -0.1) is 0 Å². The molecular formula is C10H11ClN2O. The Morgan fingerprint density at radius 1 is 1.50 bits per heavy atom. The van der Waals surface area contributed by atoms with Gasteiger partial charge < -0.3 is 10.2 Å². The van der Waals surface area contributed by atoms with Gasteiger partial charge in [-0.1, -0.05) is 23.7 Å². The van der Waals surface area contributed by atoms with E-state index in [1.54, 1.807) is 25.1 Å². The van der Waals surface area contributed by atoms with Crippen LogP contribution in [0.15, 0.2) is 18.2 Å². The SMILES string of the molecule is CNC1C(=O)N(C)c2c(Cl)cccc21. The van der Waals surface area contributed by atoms with Crippen molar-refractivity contribution in [1.82, 2.24) is 5.32 Å². The van der Waals surface area contributed by atoms with E-state index in [0.29, 0.717) is 5.02 Å². The first-order chi connectivity index (χ1) is 6.66. The summed E-state index contributed by atoms with van der Waals surface area (Å²) in [5.41, 5.74) is 1.77. The van der Waals surface area contributed by atoms with Gasteiger partial charge in [-0.3, -0.25) is 4.79 Å². The number of carbonyl (C=O) groups excluding carboxylic acids is 1. The first-order valence-electron chi connectivity index (χ1n) is 4.40. The Labute approximate surface area is 87.7 Å². The van der Waals surface area contributed by atoms with Crippen molar-refractivity contribution >= 4 is 23.2 Å². The number of likely N-dealkylation sites (N-methyl/N-ethyl adjacent to an activating group) is 2. The van der Waals surface area contributed by atoms with Crippen molar-refractivity contribution in [2.75, 3.05) is 19.0 Å². The minimum Gasteiger partial charge on any atom is -0.312 e. The number of hydrogen-bond donors (Lipinski definition) is 1. The van der Waals surface area contributed by atoms with Crippen LogP contribution >= 0.6 is 11.6 Å². The van der Waals surface area contributed by atoms with Crippen molar-refractivity contribution in [1.29, 1.82) is 0 Å². The number of nitrogens with one attached hydrogen (secondary N) is 1. The molecule has 74 valence electrons. The summed E-state index contributed by atoms with van der Waals surface area (Å²) in [5.74, 6) is 0.0376. The smallest absolute Gasteiger partial charge is 0.248 e. The van der Waals surface area contributed by atoms with Crippen molar-refractivity contribution < 1.29 is 4.79 Å². The Morgan fingerprint density at radius 3 is 2.86 bits per heavy atom. The van der Waals surface area contributed by atoms with Crippen molar-refractivity contribution in [2.45, 2.75) is 6.04 Å². The molecule has 1 amide bonds. The number of carbonyl (C=O) groups is 1. The summed E-state index contributed by atoms with van der Waals surface area (Å²) in [6.07, 6.45) is 0. The third kappa shape index (κ3) is 1.13. The number of benzene rings is 1. The van der Waals surface area contributed by atoms with E-state index in [9.17, 15) is 4.79 Å². The zero-order valence-electron chi connectivity index (χ0n) is 8.04. The summed E-state index contributed by atoms with van der Waals surface area (Å²) in [4.78, 5) is 13.3. The molecule has 1 atom stereocenters. The van der Waals surface area contributed by atoms with Crippen LogP contribution in [0.1, 0.15) is 11.6 Å². The molecule has 3 nitrogen and oxygen atoms in total. The number of rotatable bonds is 1. The largest absolute Gasteiger partial charge is 0.312 e. The van der Waals surface area contributed by atoms with Gasteiger partial charge in [0.2, 0.25) is 5.91 Å². The molecule has 1 heterocycles. The van der Waals surface area contributed by atoms with Crippen LogP contribution in [0, 0.1) is 0 Å². The normalized spacial score (nSPS) is 20.1. The highest BCUT2D eigenvalue weighted by atomic mass is 35.5. The monoisotopic (exact) mass is 210 g/mol. The highest BCUT2D eigenvalue weighted by molar-refractivity contribution is 6.34. The molecule has 1 N–H and O–H groups in total. The third-order valence-electron chi connectivity index (χ3n) is 2.53. The second-order valence-corrected chi connectivity index (χ2v) is 3.70. The van der Waals surface area contributed by atoms with Gasteiger partial charge in [-0.25, -0.2) is 0 Å². The average molecular weight is 211 g/mol. The Hall–Kier alpha value is -1.06. The van der Waals surface area contributed by atoms with Crippen LogP contribution in [-0.2, 0) is 4.79 Å². The fourth-order valence-corrected chi connectivity index (χ4v) is 2.14. The van der Waals surface area contributed by atoms with Gasteiger partial charge in [-0.05, 0) is 13.1 Å². The molecule has 0 aliphatic carbocycles. The summed E-state index contributed by atoms with van der Waals surface area (Å²) < 4.78 is 0. The highest BCUT2D eigenvalue weighted by Crippen LogP contribution is 2.39. The Kier molecular flexibility index (Phi) is 2.21. The number of hydrogen-bond acceptors (Lipinski definition) is 2. The lowest BCUT2D eigenvalue weighted by molar-refractivity contribution is -0.119. The van der Waals surface area contributed by atoms with E-state index in [1.165, 1.54) is 0 Å². The molecule has 1 aromatic rings. The maximum atomic E-state index is 11.8. The quantitative estimate of drug-likeness (QED) is 0.764. The topological polar surface area (TPSA) is 32.3 Å². The lowest BCUT2D eigenvalue weighted by Crippen LogP contribution is -2.30. The van der Waals surface area contributed by atoms with Crippen LogP contribution in [0.5, 0.6) is 0 Å². The number of nitrogens with zero attached hydrogens (tertiary/aromatic N) is 1. The first-order valence-corrected chi connectivity index (χ1v) is 4.78. The maximum Gasteiger partial charge on any atom is 0.248 e. The van der Waals surface area contributed by atoms with Crippen LogP contribution in [0.25, 0.3) is 0 Å².